The lowest BCUT2D eigenvalue weighted by atomic mass is 9.80. The second-order valence-electron chi connectivity index (χ2n) is 5.61. The van der Waals surface area contributed by atoms with Gasteiger partial charge >= 0.3 is 0 Å². The Hall–Kier alpha value is -0.770. The molecular formula is C13H25N3O. The van der Waals surface area contributed by atoms with Crippen LogP contribution in [-0.2, 0) is 4.74 Å². The van der Waals surface area contributed by atoms with Gasteiger partial charge in [-0.05, 0) is 38.0 Å². The zero-order chi connectivity index (χ0) is 12.3. The van der Waals surface area contributed by atoms with Gasteiger partial charge in [0.2, 0.25) is 0 Å². The van der Waals surface area contributed by atoms with Crippen LogP contribution in [0.3, 0.4) is 0 Å². The summed E-state index contributed by atoms with van der Waals surface area (Å²) in [4.78, 5) is 6.76. The van der Waals surface area contributed by atoms with Gasteiger partial charge in [-0.2, -0.15) is 0 Å². The van der Waals surface area contributed by atoms with E-state index in [2.05, 4.69) is 16.8 Å². The molecule has 0 bridgehead atoms. The number of nitrogens with two attached hydrogens (primary N) is 1. The fourth-order valence-electron chi connectivity index (χ4n) is 2.72. The Kier molecular flexibility index (Phi) is 3.92. The van der Waals surface area contributed by atoms with E-state index in [0.717, 1.165) is 38.4 Å². The number of hydrogen-bond acceptors (Lipinski definition) is 2. The highest BCUT2D eigenvalue weighted by Crippen LogP contribution is 2.35. The predicted octanol–water partition coefficient (Wildman–Crippen LogP) is 1.60. The lowest BCUT2D eigenvalue weighted by Gasteiger charge is -2.39. The van der Waals surface area contributed by atoms with E-state index in [1.54, 1.807) is 7.11 Å². The van der Waals surface area contributed by atoms with Gasteiger partial charge < -0.3 is 15.4 Å². The van der Waals surface area contributed by atoms with Gasteiger partial charge in [-0.1, -0.05) is 6.92 Å². The fourth-order valence-corrected chi connectivity index (χ4v) is 2.72. The maximum atomic E-state index is 6.07. The molecule has 98 valence electrons. The largest absolute Gasteiger partial charge is 0.376 e. The molecule has 1 aliphatic heterocycles. The minimum atomic E-state index is -0.00791. The zero-order valence-corrected chi connectivity index (χ0v) is 11.1. The van der Waals surface area contributed by atoms with Crippen LogP contribution in [0, 0.1) is 5.92 Å². The first-order valence-electron chi connectivity index (χ1n) is 6.75. The molecule has 4 nitrogen and oxygen atoms in total. The smallest absolute Gasteiger partial charge is 0.191 e. The Bertz CT molecular complexity index is 281. The maximum Gasteiger partial charge on any atom is 0.191 e. The van der Waals surface area contributed by atoms with Crippen molar-refractivity contribution in [1.29, 1.82) is 0 Å². The van der Waals surface area contributed by atoms with Crippen LogP contribution in [0.25, 0.3) is 0 Å². The molecule has 1 atom stereocenters. The quantitative estimate of drug-likeness (QED) is 0.601. The average molecular weight is 239 g/mol. The summed E-state index contributed by atoms with van der Waals surface area (Å²) in [6.45, 7) is 5.11. The molecule has 1 saturated carbocycles. The Morgan fingerprint density at radius 2 is 2.24 bits per heavy atom. The fraction of sp³-hybridized carbons (Fsp3) is 0.923. The van der Waals surface area contributed by atoms with E-state index in [0.29, 0.717) is 5.96 Å². The Balaban J connectivity index is 1.87. The number of aliphatic imine (C=N–C) groups is 1. The van der Waals surface area contributed by atoms with E-state index >= 15 is 0 Å². The first-order chi connectivity index (χ1) is 8.15. The van der Waals surface area contributed by atoms with Gasteiger partial charge in [-0.15, -0.1) is 0 Å². The third-order valence-corrected chi connectivity index (χ3v) is 4.21. The van der Waals surface area contributed by atoms with E-state index < -0.39 is 0 Å². The van der Waals surface area contributed by atoms with Gasteiger partial charge in [-0.3, -0.25) is 4.99 Å². The van der Waals surface area contributed by atoms with E-state index in [4.69, 9.17) is 10.5 Å². The van der Waals surface area contributed by atoms with Crippen LogP contribution in [0.4, 0.5) is 0 Å². The van der Waals surface area contributed by atoms with Gasteiger partial charge in [-0.25, -0.2) is 0 Å². The lowest BCUT2D eigenvalue weighted by molar-refractivity contribution is -0.0631. The number of piperidine rings is 1. The third-order valence-electron chi connectivity index (χ3n) is 4.21. The monoisotopic (exact) mass is 239 g/mol. The summed E-state index contributed by atoms with van der Waals surface area (Å²) in [5, 5.41) is 0. The molecule has 0 radical (unpaired) electrons. The lowest BCUT2D eigenvalue weighted by Crippen LogP contribution is -2.46. The number of hydrogen-bond donors (Lipinski definition) is 1. The highest BCUT2D eigenvalue weighted by molar-refractivity contribution is 5.78. The van der Waals surface area contributed by atoms with Gasteiger partial charge in [0.25, 0.3) is 0 Å². The number of guanidine groups is 1. The molecule has 2 N–H and O–H groups in total. The third kappa shape index (κ3) is 2.92. The topological polar surface area (TPSA) is 50.9 Å². The summed E-state index contributed by atoms with van der Waals surface area (Å²) in [7, 11) is 1.79. The van der Waals surface area contributed by atoms with Crippen molar-refractivity contribution in [3.63, 3.8) is 0 Å². The van der Waals surface area contributed by atoms with Crippen molar-refractivity contribution in [3.05, 3.63) is 0 Å². The summed E-state index contributed by atoms with van der Waals surface area (Å²) in [5.41, 5.74) is 6.06. The van der Waals surface area contributed by atoms with E-state index in [-0.39, 0.29) is 5.60 Å². The second-order valence-corrected chi connectivity index (χ2v) is 5.61. The summed E-state index contributed by atoms with van der Waals surface area (Å²) in [6.07, 6.45) is 6.04. The zero-order valence-electron chi connectivity index (χ0n) is 11.1. The minimum absolute atomic E-state index is 0.00791. The predicted molar refractivity (Wildman–Crippen MR) is 70.1 cm³/mol. The summed E-state index contributed by atoms with van der Waals surface area (Å²) >= 11 is 0. The molecule has 1 saturated heterocycles. The normalized spacial score (nSPS) is 28.9. The molecule has 0 spiro atoms. The molecule has 0 amide bonds. The second kappa shape index (κ2) is 5.25. The van der Waals surface area contributed by atoms with Crippen molar-refractivity contribution in [1.82, 2.24) is 4.90 Å². The number of ether oxygens (including phenoxy) is 1. The SMILES string of the molecule is COC1(CN=C(N)N2CCCC(C)C2)CCC1. The highest BCUT2D eigenvalue weighted by atomic mass is 16.5. The van der Waals surface area contributed by atoms with Crippen molar-refractivity contribution < 1.29 is 4.74 Å². The van der Waals surface area contributed by atoms with Crippen LogP contribution < -0.4 is 5.73 Å². The van der Waals surface area contributed by atoms with Crippen LogP contribution in [0.1, 0.15) is 39.0 Å². The molecule has 17 heavy (non-hydrogen) atoms. The summed E-state index contributed by atoms with van der Waals surface area (Å²) in [5.74, 6) is 1.44. The van der Waals surface area contributed by atoms with Crippen LogP contribution in [0.15, 0.2) is 4.99 Å². The van der Waals surface area contributed by atoms with Crippen LogP contribution in [0.2, 0.25) is 0 Å². The first-order valence-corrected chi connectivity index (χ1v) is 6.75. The molecule has 2 rings (SSSR count). The molecule has 1 aliphatic carbocycles. The Labute approximate surface area is 104 Å². The van der Waals surface area contributed by atoms with Gasteiger partial charge in [0.05, 0.1) is 12.1 Å². The minimum Gasteiger partial charge on any atom is -0.376 e. The Morgan fingerprint density at radius 1 is 1.47 bits per heavy atom. The van der Waals surface area contributed by atoms with Crippen LogP contribution in [-0.4, -0.2) is 43.2 Å². The highest BCUT2D eigenvalue weighted by Gasteiger charge is 2.36. The molecule has 2 aliphatic rings. The summed E-state index contributed by atoms with van der Waals surface area (Å²) < 4.78 is 5.55. The number of likely N-dealkylation sites (tertiary alicyclic amines) is 1. The van der Waals surface area contributed by atoms with E-state index in [1.165, 1.54) is 19.3 Å². The van der Waals surface area contributed by atoms with Crippen molar-refractivity contribution in [2.75, 3.05) is 26.7 Å². The number of nitrogens with zero attached hydrogens (tertiary/aromatic N) is 2. The number of rotatable bonds is 3. The molecule has 0 aromatic heterocycles. The molecule has 4 heteroatoms. The summed E-state index contributed by atoms with van der Waals surface area (Å²) in [6, 6.07) is 0. The molecule has 1 unspecified atom stereocenters. The van der Waals surface area contributed by atoms with Crippen LogP contribution in [0.5, 0.6) is 0 Å². The van der Waals surface area contributed by atoms with Crippen LogP contribution >= 0.6 is 0 Å². The maximum absolute atomic E-state index is 6.07. The molecule has 1 heterocycles. The molecule has 0 aromatic rings. The standard InChI is InChI=1S/C13H25N3O/c1-11-5-3-8-16(9-11)12(14)15-10-13(17-2)6-4-7-13/h11H,3-10H2,1-2H3,(H2,14,15). The molecule has 0 aromatic carbocycles. The Morgan fingerprint density at radius 3 is 2.76 bits per heavy atom. The van der Waals surface area contributed by atoms with Crippen molar-refractivity contribution in [2.45, 2.75) is 44.6 Å². The van der Waals surface area contributed by atoms with Gasteiger partial charge in [0.15, 0.2) is 5.96 Å². The van der Waals surface area contributed by atoms with Crippen molar-refractivity contribution in [2.24, 2.45) is 16.6 Å². The van der Waals surface area contributed by atoms with E-state index in [1.807, 2.05) is 0 Å². The average Bonchev–Trinajstić information content (AvgIpc) is 2.28. The van der Waals surface area contributed by atoms with E-state index in [9.17, 15) is 0 Å². The van der Waals surface area contributed by atoms with Crippen molar-refractivity contribution >= 4 is 5.96 Å². The molecule has 2 fully saturated rings. The molecular weight excluding hydrogens is 214 g/mol. The number of methoxy groups -OCH3 is 1. The van der Waals surface area contributed by atoms with Gasteiger partial charge in [0.1, 0.15) is 0 Å². The van der Waals surface area contributed by atoms with Gasteiger partial charge in [0, 0.05) is 20.2 Å². The first kappa shape index (κ1) is 12.7. The van der Waals surface area contributed by atoms with Crippen molar-refractivity contribution in [3.8, 4) is 0 Å².